The number of benzene rings is 1. The van der Waals surface area contributed by atoms with Crippen LogP contribution in [0, 0.1) is 0 Å². The number of phenols is 1. The molecule has 24 heavy (non-hydrogen) atoms. The normalized spacial score (nSPS) is 20.2. The number of rotatable bonds is 3. The third-order valence-corrected chi connectivity index (χ3v) is 4.49. The van der Waals surface area contributed by atoms with Crippen molar-refractivity contribution >= 4 is 23.0 Å². The van der Waals surface area contributed by atoms with Gasteiger partial charge in [-0.05, 0) is 48.6 Å². The van der Waals surface area contributed by atoms with E-state index in [1.807, 2.05) is 53.6 Å². The van der Waals surface area contributed by atoms with E-state index in [2.05, 4.69) is 15.3 Å². The minimum atomic E-state index is -0.129. The minimum absolute atomic E-state index is 0.114. The predicted octanol–water partition coefficient (Wildman–Crippen LogP) is 3.29. The highest BCUT2D eigenvalue weighted by molar-refractivity contribution is 7.80. The van der Waals surface area contributed by atoms with Crippen LogP contribution >= 0.6 is 12.2 Å². The number of para-hydroxylation sites is 2. The molecule has 0 amide bonds. The van der Waals surface area contributed by atoms with E-state index in [1.165, 1.54) is 0 Å². The fraction of sp³-hybridized carbons (Fsp3) is 0.111. The molecule has 0 unspecified atom stereocenters. The molecule has 0 bridgehead atoms. The monoisotopic (exact) mass is 336 g/mol. The predicted molar refractivity (Wildman–Crippen MR) is 96.8 cm³/mol. The zero-order chi connectivity index (χ0) is 16.5. The summed E-state index contributed by atoms with van der Waals surface area (Å²) in [6.45, 7) is 0. The van der Waals surface area contributed by atoms with Gasteiger partial charge in [0.05, 0.1) is 17.4 Å². The van der Waals surface area contributed by atoms with Crippen molar-refractivity contribution in [3.05, 3.63) is 78.4 Å². The van der Waals surface area contributed by atoms with Gasteiger partial charge in [-0.3, -0.25) is 4.98 Å². The van der Waals surface area contributed by atoms with Crippen molar-refractivity contribution in [2.45, 2.75) is 12.1 Å². The number of aromatic amines is 1. The summed E-state index contributed by atoms with van der Waals surface area (Å²) >= 11 is 5.57. The number of hydrogen-bond acceptors (Lipinski definition) is 3. The first-order valence-electron chi connectivity index (χ1n) is 7.67. The lowest BCUT2D eigenvalue weighted by molar-refractivity contribution is 0.472. The smallest absolute Gasteiger partial charge is 0.174 e. The maximum absolute atomic E-state index is 10.3. The van der Waals surface area contributed by atoms with Crippen molar-refractivity contribution in [1.82, 2.24) is 15.3 Å². The Balaban J connectivity index is 1.84. The molecule has 1 aromatic carbocycles. The summed E-state index contributed by atoms with van der Waals surface area (Å²) in [6.07, 6.45) is 3.66. The Hall–Kier alpha value is -2.86. The average Bonchev–Trinajstić information content (AvgIpc) is 3.24. The van der Waals surface area contributed by atoms with Crippen LogP contribution in [0.15, 0.2) is 67.0 Å². The van der Waals surface area contributed by atoms with Crippen LogP contribution < -0.4 is 10.2 Å². The first-order valence-corrected chi connectivity index (χ1v) is 8.08. The Kier molecular flexibility index (Phi) is 3.66. The molecular formula is C18H16N4OS. The number of hydrogen-bond donors (Lipinski definition) is 3. The van der Waals surface area contributed by atoms with Crippen molar-refractivity contribution < 1.29 is 5.11 Å². The van der Waals surface area contributed by atoms with E-state index in [1.54, 1.807) is 18.3 Å². The Bertz CT molecular complexity index is 850. The Labute approximate surface area is 145 Å². The molecule has 2 aromatic heterocycles. The van der Waals surface area contributed by atoms with E-state index < -0.39 is 0 Å². The fourth-order valence-corrected chi connectivity index (χ4v) is 3.47. The van der Waals surface area contributed by atoms with Crippen LogP contribution in [0.25, 0.3) is 0 Å². The van der Waals surface area contributed by atoms with Crippen molar-refractivity contribution in [3.63, 3.8) is 0 Å². The number of phenolic OH excluding ortho intramolecular Hbond substituents is 1. The molecule has 0 saturated carbocycles. The second-order valence-electron chi connectivity index (χ2n) is 5.61. The maximum Gasteiger partial charge on any atom is 0.174 e. The quantitative estimate of drug-likeness (QED) is 0.641. The molecule has 1 fully saturated rings. The van der Waals surface area contributed by atoms with Gasteiger partial charge in [-0.25, -0.2) is 0 Å². The van der Waals surface area contributed by atoms with Crippen LogP contribution in [0.1, 0.15) is 23.5 Å². The molecule has 0 aliphatic carbocycles. The van der Waals surface area contributed by atoms with Crippen LogP contribution in [-0.2, 0) is 0 Å². The summed E-state index contributed by atoms with van der Waals surface area (Å²) in [5, 5.41) is 14.2. The highest BCUT2D eigenvalue weighted by Crippen LogP contribution is 2.43. The number of nitrogens with one attached hydrogen (secondary N) is 2. The molecule has 0 radical (unpaired) electrons. The first-order chi connectivity index (χ1) is 11.8. The van der Waals surface area contributed by atoms with Gasteiger partial charge in [-0.15, -0.1) is 0 Å². The van der Waals surface area contributed by atoms with Gasteiger partial charge in [0, 0.05) is 18.1 Å². The molecule has 3 N–H and O–H groups in total. The standard InChI is InChI=1S/C18H16N4OS/c23-15-9-2-1-8-14(15)22-17(13-7-5-11-20-13)16(21-18(22)24)12-6-3-4-10-19-12/h1-11,16-17,20,23H,(H,21,24)/t16-,17+/m1/s1. The van der Waals surface area contributed by atoms with Crippen LogP contribution in [0.2, 0.25) is 0 Å². The van der Waals surface area contributed by atoms with Crippen molar-refractivity contribution in [1.29, 1.82) is 0 Å². The molecular weight excluding hydrogens is 320 g/mol. The largest absolute Gasteiger partial charge is 0.506 e. The minimum Gasteiger partial charge on any atom is -0.506 e. The molecule has 3 aromatic rings. The highest BCUT2D eigenvalue weighted by atomic mass is 32.1. The second kappa shape index (κ2) is 5.98. The van der Waals surface area contributed by atoms with Gasteiger partial charge < -0.3 is 20.3 Å². The molecule has 4 rings (SSSR count). The van der Waals surface area contributed by atoms with Crippen LogP contribution in [0.4, 0.5) is 5.69 Å². The van der Waals surface area contributed by atoms with Gasteiger partial charge in [-0.1, -0.05) is 18.2 Å². The summed E-state index contributed by atoms with van der Waals surface area (Å²) in [7, 11) is 0. The van der Waals surface area contributed by atoms with E-state index in [0.29, 0.717) is 10.8 Å². The van der Waals surface area contributed by atoms with Crippen LogP contribution in [-0.4, -0.2) is 20.2 Å². The van der Waals surface area contributed by atoms with Gasteiger partial charge >= 0.3 is 0 Å². The highest BCUT2D eigenvalue weighted by Gasteiger charge is 2.41. The lowest BCUT2D eigenvalue weighted by atomic mass is 10.0. The average molecular weight is 336 g/mol. The van der Waals surface area contributed by atoms with Crippen molar-refractivity contribution in [2.75, 3.05) is 4.90 Å². The molecule has 1 saturated heterocycles. The van der Waals surface area contributed by atoms with E-state index in [4.69, 9.17) is 12.2 Å². The molecule has 6 heteroatoms. The van der Waals surface area contributed by atoms with E-state index >= 15 is 0 Å². The molecule has 120 valence electrons. The topological polar surface area (TPSA) is 64.2 Å². The Morgan fingerprint density at radius 1 is 1.04 bits per heavy atom. The van der Waals surface area contributed by atoms with Gasteiger partial charge in [0.25, 0.3) is 0 Å². The molecule has 3 heterocycles. The number of nitrogens with zero attached hydrogens (tertiary/aromatic N) is 2. The fourth-order valence-electron chi connectivity index (χ4n) is 3.13. The third kappa shape index (κ3) is 2.41. The van der Waals surface area contributed by atoms with Crippen LogP contribution in [0.3, 0.4) is 0 Å². The first kappa shape index (κ1) is 14.7. The third-order valence-electron chi connectivity index (χ3n) is 4.18. The number of thiocarbonyl (C=S) groups is 1. The van der Waals surface area contributed by atoms with E-state index in [-0.39, 0.29) is 17.8 Å². The van der Waals surface area contributed by atoms with E-state index in [0.717, 1.165) is 11.4 Å². The zero-order valence-electron chi connectivity index (χ0n) is 12.8. The maximum atomic E-state index is 10.3. The number of H-pyrrole nitrogens is 1. The molecule has 0 spiro atoms. The number of aromatic hydroxyl groups is 1. The number of aromatic nitrogens is 2. The molecule has 2 atom stereocenters. The Morgan fingerprint density at radius 2 is 1.88 bits per heavy atom. The van der Waals surface area contributed by atoms with E-state index in [9.17, 15) is 5.11 Å². The van der Waals surface area contributed by atoms with Gasteiger partial charge in [0.15, 0.2) is 5.11 Å². The van der Waals surface area contributed by atoms with Gasteiger partial charge in [0.2, 0.25) is 0 Å². The molecule has 1 aliphatic rings. The lowest BCUT2D eigenvalue weighted by Crippen LogP contribution is -2.29. The number of anilines is 1. The Morgan fingerprint density at radius 3 is 2.58 bits per heavy atom. The molecule has 1 aliphatic heterocycles. The summed E-state index contributed by atoms with van der Waals surface area (Å²) in [5.74, 6) is 0.194. The summed E-state index contributed by atoms with van der Waals surface area (Å²) in [6, 6.07) is 16.8. The summed E-state index contributed by atoms with van der Waals surface area (Å²) in [5.41, 5.74) is 2.58. The van der Waals surface area contributed by atoms with Crippen LogP contribution in [0.5, 0.6) is 5.75 Å². The van der Waals surface area contributed by atoms with Gasteiger partial charge in [0.1, 0.15) is 11.8 Å². The summed E-state index contributed by atoms with van der Waals surface area (Å²) in [4.78, 5) is 9.69. The molecule has 5 nitrogen and oxygen atoms in total. The lowest BCUT2D eigenvalue weighted by Gasteiger charge is -2.27. The van der Waals surface area contributed by atoms with Gasteiger partial charge in [-0.2, -0.15) is 0 Å². The zero-order valence-corrected chi connectivity index (χ0v) is 13.6. The van der Waals surface area contributed by atoms with Crippen molar-refractivity contribution in [3.8, 4) is 5.75 Å². The van der Waals surface area contributed by atoms with Crippen molar-refractivity contribution in [2.24, 2.45) is 0 Å². The SMILES string of the molecule is Oc1ccccc1N1C(=S)N[C@H](c2ccccn2)[C@@H]1c1ccc[nH]1. The number of pyridine rings is 1. The summed E-state index contributed by atoms with van der Waals surface area (Å²) < 4.78 is 0. The second-order valence-corrected chi connectivity index (χ2v) is 6.00.